The van der Waals surface area contributed by atoms with E-state index in [0.29, 0.717) is 13.1 Å². The molecule has 1 unspecified atom stereocenters. The molecule has 0 aliphatic heterocycles. The van der Waals surface area contributed by atoms with Gasteiger partial charge in [-0.25, -0.2) is 4.68 Å². The van der Waals surface area contributed by atoms with E-state index in [9.17, 15) is 0 Å². The van der Waals surface area contributed by atoms with E-state index >= 15 is 0 Å². The second-order valence-corrected chi connectivity index (χ2v) is 5.69. The minimum absolute atomic E-state index is 0.0698. The Labute approximate surface area is 114 Å². The number of nitrogens with zero attached hydrogens (tertiary/aromatic N) is 3. The Morgan fingerprint density at radius 2 is 2.39 bits per heavy atom. The molecule has 2 N–H and O–H groups in total. The van der Waals surface area contributed by atoms with Crippen molar-refractivity contribution < 1.29 is 5.11 Å². The van der Waals surface area contributed by atoms with Gasteiger partial charge in [-0.2, -0.15) is 0 Å². The van der Waals surface area contributed by atoms with Crippen molar-refractivity contribution in [2.24, 2.45) is 0 Å². The maximum absolute atomic E-state index is 8.78. The molecule has 2 aromatic heterocycles. The highest BCUT2D eigenvalue weighted by Gasteiger charge is 2.08. The summed E-state index contributed by atoms with van der Waals surface area (Å²) in [5.74, 6) is 0. The van der Waals surface area contributed by atoms with Gasteiger partial charge in [-0.15, -0.1) is 16.4 Å². The smallest absolute Gasteiger partial charge is 0.0965 e. The second-order valence-electron chi connectivity index (χ2n) is 3.94. The molecule has 0 amide bonds. The number of nitrogens with one attached hydrogen (secondary N) is 1. The van der Waals surface area contributed by atoms with E-state index in [1.165, 1.54) is 4.88 Å². The van der Waals surface area contributed by atoms with E-state index < -0.39 is 0 Å². The summed E-state index contributed by atoms with van der Waals surface area (Å²) in [4.78, 5) is 1.20. The Morgan fingerprint density at radius 3 is 3.06 bits per heavy atom. The molecule has 7 heteroatoms. The summed E-state index contributed by atoms with van der Waals surface area (Å²) in [7, 11) is 0. The van der Waals surface area contributed by atoms with Gasteiger partial charge in [-0.3, -0.25) is 0 Å². The predicted molar refractivity (Wildman–Crippen MR) is 71.7 cm³/mol. The van der Waals surface area contributed by atoms with Crippen molar-refractivity contribution >= 4 is 22.9 Å². The molecule has 2 heterocycles. The summed E-state index contributed by atoms with van der Waals surface area (Å²) >= 11 is 7.47. The van der Waals surface area contributed by atoms with Crippen LogP contribution in [0.1, 0.15) is 23.5 Å². The van der Waals surface area contributed by atoms with Crippen molar-refractivity contribution in [2.75, 3.05) is 6.61 Å². The zero-order valence-electron chi connectivity index (χ0n) is 10.0. The van der Waals surface area contributed by atoms with E-state index in [2.05, 4.69) is 22.6 Å². The SMILES string of the molecule is CC(NCc1cn(CCO)nn1)c1ccc(Cl)s1. The third-order valence-electron chi connectivity index (χ3n) is 2.53. The topological polar surface area (TPSA) is 63.0 Å². The van der Waals surface area contributed by atoms with Crippen LogP contribution in [0.2, 0.25) is 4.34 Å². The quantitative estimate of drug-likeness (QED) is 0.850. The minimum atomic E-state index is 0.0698. The van der Waals surface area contributed by atoms with Crippen molar-refractivity contribution in [2.45, 2.75) is 26.1 Å². The molecule has 0 saturated heterocycles. The second kappa shape index (κ2) is 6.29. The lowest BCUT2D eigenvalue weighted by Gasteiger charge is -2.09. The van der Waals surface area contributed by atoms with Crippen molar-refractivity contribution in [3.05, 3.63) is 33.2 Å². The first kappa shape index (κ1) is 13.5. The van der Waals surface area contributed by atoms with Crippen LogP contribution in [0.4, 0.5) is 0 Å². The predicted octanol–water partition coefficient (Wildman–Crippen LogP) is 1.84. The molecule has 0 aliphatic carbocycles. The van der Waals surface area contributed by atoms with Crippen molar-refractivity contribution in [3.63, 3.8) is 0 Å². The third-order valence-corrected chi connectivity index (χ3v) is 3.94. The van der Waals surface area contributed by atoms with Crippen molar-refractivity contribution in [1.82, 2.24) is 20.3 Å². The van der Waals surface area contributed by atoms with Gasteiger partial charge in [-0.1, -0.05) is 16.8 Å². The highest BCUT2D eigenvalue weighted by molar-refractivity contribution is 7.16. The molecule has 1 atom stereocenters. The van der Waals surface area contributed by atoms with Crippen molar-refractivity contribution in [1.29, 1.82) is 0 Å². The minimum Gasteiger partial charge on any atom is -0.394 e. The Hall–Kier alpha value is -0.950. The summed E-state index contributed by atoms with van der Waals surface area (Å²) in [5.41, 5.74) is 0.859. The van der Waals surface area contributed by atoms with Gasteiger partial charge in [-0.05, 0) is 19.1 Å². The van der Waals surface area contributed by atoms with Crippen molar-refractivity contribution in [3.8, 4) is 0 Å². The van der Waals surface area contributed by atoms with Gasteiger partial charge in [0.2, 0.25) is 0 Å². The van der Waals surface area contributed by atoms with E-state index in [-0.39, 0.29) is 12.6 Å². The largest absolute Gasteiger partial charge is 0.394 e. The fourth-order valence-electron chi connectivity index (χ4n) is 1.55. The summed E-state index contributed by atoms with van der Waals surface area (Å²) in [6.45, 7) is 3.27. The van der Waals surface area contributed by atoms with Gasteiger partial charge < -0.3 is 10.4 Å². The average molecular weight is 287 g/mol. The fourth-order valence-corrected chi connectivity index (χ4v) is 2.64. The Bertz CT molecular complexity index is 499. The van der Waals surface area contributed by atoms with Crippen LogP contribution in [0.3, 0.4) is 0 Å². The summed E-state index contributed by atoms with van der Waals surface area (Å²) in [6.07, 6.45) is 1.83. The van der Waals surface area contributed by atoms with Crippen LogP contribution in [-0.2, 0) is 13.1 Å². The number of aliphatic hydroxyl groups is 1. The maximum Gasteiger partial charge on any atom is 0.0965 e. The Balaban J connectivity index is 1.86. The molecule has 2 aromatic rings. The Kier molecular flexibility index (Phi) is 4.71. The number of hydrogen-bond acceptors (Lipinski definition) is 5. The van der Waals surface area contributed by atoms with Crippen LogP contribution in [-0.4, -0.2) is 26.7 Å². The van der Waals surface area contributed by atoms with Gasteiger partial charge >= 0.3 is 0 Å². The first-order valence-corrected chi connectivity index (χ1v) is 6.87. The molecule has 0 aliphatic rings. The standard InChI is InChI=1S/C11H15ClN4OS/c1-8(10-2-3-11(12)18-10)13-6-9-7-16(4-5-17)15-14-9/h2-3,7-8,13,17H,4-6H2,1H3. The zero-order chi connectivity index (χ0) is 13.0. The van der Waals surface area contributed by atoms with Gasteiger partial charge in [0.05, 0.1) is 23.2 Å². The van der Waals surface area contributed by atoms with E-state index in [0.717, 1.165) is 10.0 Å². The molecule has 0 bridgehead atoms. The monoisotopic (exact) mass is 286 g/mol. The molecule has 2 rings (SSSR count). The maximum atomic E-state index is 8.78. The number of rotatable bonds is 6. The fraction of sp³-hybridized carbons (Fsp3) is 0.455. The van der Waals surface area contributed by atoms with Crippen LogP contribution in [0, 0.1) is 0 Å². The Morgan fingerprint density at radius 1 is 1.56 bits per heavy atom. The number of hydrogen-bond donors (Lipinski definition) is 2. The molecule has 0 radical (unpaired) electrons. The van der Waals surface area contributed by atoms with Crippen LogP contribution in [0.5, 0.6) is 0 Å². The summed E-state index contributed by atoms with van der Waals surface area (Å²) in [6, 6.07) is 4.15. The van der Waals surface area contributed by atoms with Crippen LogP contribution >= 0.6 is 22.9 Å². The molecule has 98 valence electrons. The molecule has 0 spiro atoms. The number of thiophene rings is 1. The van der Waals surface area contributed by atoms with E-state index in [1.54, 1.807) is 16.0 Å². The van der Waals surface area contributed by atoms with Gasteiger partial charge in [0, 0.05) is 23.7 Å². The summed E-state index contributed by atoms with van der Waals surface area (Å²) in [5, 5.41) is 20.1. The van der Waals surface area contributed by atoms with E-state index in [4.69, 9.17) is 16.7 Å². The first-order valence-electron chi connectivity index (χ1n) is 5.67. The molecular weight excluding hydrogens is 272 g/mol. The molecule has 0 saturated carbocycles. The highest BCUT2D eigenvalue weighted by atomic mass is 35.5. The summed E-state index contributed by atoms with van der Waals surface area (Å²) < 4.78 is 2.43. The lowest BCUT2D eigenvalue weighted by Crippen LogP contribution is -2.17. The van der Waals surface area contributed by atoms with Gasteiger partial charge in [0.15, 0.2) is 0 Å². The van der Waals surface area contributed by atoms with Crippen LogP contribution < -0.4 is 5.32 Å². The number of aliphatic hydroxyl groups excluding tert-OH is 1. The van der Waals surface area contributed by atoms with Crippen LogP contribution in [0.15, 0.2) is 18.3 Å². The highest BCUT2D eigenvalue weighted by Crippen LogP contribution is 2.26. The van der Waals surface area contributed by atoms with Crippen LogP contribution in [0.25, 0.3) is 0 Å². The first-order chi connectivity index (χ1) is 8.69. The third kappa shape index (κ3) is 3.52. The normalized spacial score (nSPS) is 12.8. The number of halogens is 1. The van der Waals surface area contributed by atoms with E-state index in [1.807, 2.05) is 18.3 Å². The lowest BCUT2D eigenvalue weighted by molar-refractivity contribution is 0.268. The molecular formula is C11H15ClN4OS. The molecule has 0 aromatic carbocycles. The molecule has 18 heavy (non-hydrogen) atoms. The molecule has 0 fully saturated rings. The van der Waals surface area contributed by atoms with Gasteiger partial charge in [0.25, 0.3) is 0 Å². The average Bonchev–Trinajstić information content (AvgIpc) is 2.96. The molecule has 5 nitrogen and oxygen atoms in total. The number of aromatic nitrogens is 3. The zero-order valence-corrected chi connectivity index (χ0v) is 11.6. The van der Waals surface area contributed by atoms with Gasteiger partial charge in [0.1, 0.15) is 0 Å². The lowest BCUT2D eigenvalue weighted by atomic mass is 10.2.